The van der Waals surface area contributed by atoms with Gasteiger partial charge in [-0.1, -0.05) is 0 Å². The highest BCUT2D eigenvalue weighted by atomic mass is 127. The van der Waals surface area contributed by atoms with Crippen LogP contribution in [0.5, 0.6) is 0 Å². The van der Waals surface area contributed by atoms with Crippen LogP contribution in [0, 0.1) is 13.7 Å². The topological polar surface area (TPSA) is 156 Å². The van der Waals surface area contributed by atoms with Crippen LogP contribution in [0.15, 0.2) is 12.1 Å². The molecule has 0 spiro atoms. The fourth-order valence-electron chi connectivity index (χ4n) is 1.84. The minimum atomic E-state index is -1.94. The zero-order valence-corrected chi connectivity index (χ0v) is 15.6. The van der Waals surface area contributed by atoms with Crippen LogP contribution in [0.4, 0.5) is 16.2 Å². The molecule has 3 N–H and O–H groups in total. The van der Waals surface area contributed by atoms with E-state index in [1.807, 2.05) is 0 Å². The Hall–Kier alpha value is -2.44. The molecule has 10 nitrogen and oxygen atoms in total. The number of rotatable bonds is 5. The Balaban J connectivity index is 3.41. The lowest BCUT2D eigenvalue weighted by atomic mass is 9.98. The molecule has 0 aromatic heterocycles. The van der Waals surface area contributed by atoms with Crippen LogP contribution < -0.4 is 5.32 Å². The van der Waals surface area contributed by atoms with Crippen molar-refractivity contribution in [3.8, 4) is 0 Å². The minimum absolute atomic E-state index is 0.0637. The van der Waals surface area contributed by atoms with Crippen molar-refractivity contribution >= 4 is 52.0 Å². The van der Waals surface area contributed by atoms with Crippen molar-refractivity contribution in [1.82, 2.24) is 0 Å². The predicted molar refractivity (Wildman–Crippen MR) is 93.7 cm³/mol. The number of carboxylic acid groups (broad SMARTS) is 2. The quantitative estimate of drug-likeness (QED) is 0.259. The summed E-state index contributed by atoms with van der Waals surface area (Å²) in [5.41, 5.74) is -1.94. The number of halogens is 1. The number of amides is 1. The fraction of sp³-hybridized carbons (Fsp3) is 0.357. The highest BCUT2D eigenvalue weighted by Gasteiger charge is 2.32. The highest BCUT2D eigenvalue weighted by Crippen LogP contribution is 2.33. The second kappa shape index (κ2) is 7.63. The van der Waals surface area contributed by atoms with Gasteiger partial charge < -0.3 is 14.9 Å². The summed E-state index contributed by atoms with van der Waals surface area (Å²) in [7, 11) is 0. The van der Waals surface area contributed by atoms with Crippen LogP contribution in [-0.4, -0.2) is 38.8 Å². The molecule has 1 amide bonds. The second-order valence-corrected chi connectivity index (χ2v) is 7.05. The van der Waals surface area contributed by atoms with Gasteiger partial charge in [-0.15, -0.1) is 0 Å². The first-order valence-corrected chi connectivity index (χ1v) is 7.85. The molecule has 0 aliphatic rings. The number of aliphatic carboxylic acids is 2. The van der Waals surface area contributed by atoms with Crippen LogP contribution in [0.25, 0.3) is 0 Å². The van der Waals surface area contributed by atoms with Crippen LogP contribution in [0.1, 0.15) is 32.3 Å². The lowest BCUT2D eigenvalue weighted by Gasteiger charge is -2.20. The molecule has 11 heteroatoms. The summed E-state index contributed by atoms with van der Waals surface area (Å²) >= 11 is 1.60. The maximum atomic E-state index is 11.8. The number of nitro groups is 1. The number of carbonyl (C=O) groups is 3. The van der Waals surface area contributed by atoms with Crippen LogP contribution in [0.2, 0.25) is 0 Å². The van der Waals surface area contributed by atoms with Crippen LogP contribution in [-0.2, 0) is 14.3 Å². The van der Waals surface area contributed by atoms with E-state index in [4.69, 9.17) is 14.9 Å². The zero-order valence-electron chi connectivity index (χ0n) is 13.4. The fourth-order valence-corrected chi connectivity index (χ4v) is 2.60. The molecule has 1 rings (SSSR count). The number of nitrogens with zero attached hydrogens (tertiary/aromatic N) is 1. The molecule has 1 aromatic rings. The standard InChI is InChI=1S/C14H15IN2O8/c1-14(2,3)25-13(22)16-8-4-6(10(11(18)19)12(20)21)7(15)5-9(8)17(23)24/h4-5,10H,1-3H3,(H,16,22)(H,18,19)(H,20,21). The summed E-state index contributed by atoms with van der Waals surface area (Å²) in [4.78, 5) is 44.6. The third-order valence-corrected chi connectivity index (χ3v) is 3.69. The molecule has 0 aliphatic carbocycles. The van der Waals surface area contributed by atoms with Crippen molar-refractivity contribution in [2.24, 2.45) is 0 Å². The largest absolute Gasteiger partial charge is 0.480 e. The summed E-state index contributed by atoms with van der Waals surface area (Å²) in [5, 5.41) is 31.5. The number of ether oxygens (including phenoxy) is 1. The maximum Gasteiger partial charge on any atom is 0.412 e. The van der Waals surface area contributed by atoms with Gasteiger partial charge in [-0.25, -0.2) is 4.79 Å². The van der Waals surface area contributed by atoms with Crippen LogP contribution in [0.3, 0.4) is 0 Å². The molecule has 0 bridgehead atoms. The molecule has 0 unspecified atom stereocenters. The van der Waals surface area contributed by atoms with Crippen molar-refractivity contribution in [2.75, 3.05) is 5.32 Å². The van der Waals surface area contributed by atoms with E-state index < -0.39 is 40.2 Å². The molecular formula is C14H15IN2O8. The molecular weight excluding hydrogens is 451 g/mol. The molecule has 0 heterocycles. The number of carboxylic acids is 2. The van der Waals surface area contributed by atoms with E-state index >= 15 is 0 Å². The van der Waals surface area contributed by atoms with E-state index in [-0.39, 0.29) is 14.8 Å². The van der Waals surface area contributed by atoms with Gasteiger partial charge in [0.1, 0.15) is 11.3 Å². The third-order valence-electron chi connectivity index (χ3n) is 2.75. The van der Waals surface area contributed by atoms with Gasteiger partial charge >= 0.3 is 18.0 Å². The summed E-state index contributed by atoms with van der Waals surface area (Å²) < 4.78 is 5.06. The number of hydrogen-bond donors (Lipinski definition) is 3. The van der Waals surface area contributed by atoms with E-state index in [1.54, 1.807) is 43.4 Å². The number of anilines is 1. The smallest absolute Gasteiger partial charge is 0.412 e. The van der Waals surface area contributed by atoms with Gasteiger partial charge in [0, 0.05) is 9.64 Å². The number of nitrogens with one attached hydrogen (secondary N) is 1. The van der Waals surface area contributed by atoms with Gasteiger partial charge in [-0.3, -0.25) is 25.0 Å². The Morgan fingerprint density at radius 2 is 1.76 bits per heavy atom. The average molecular weight is 466 g/mol. The summed E-state index contributed by atoms with van der Waals surface area (Å²) in [6.07, 6.45) is -0.995. The minimum Gasteiger partial charge on any atom is -0.480 e. The van der Waals surface area contributed by atoms with E-state index in [1.165, 1.54) is 0 Å². The lowest BCUT2D eigenvalue weighted by Crippen LogP contribution is -2.28. The van der Waals surface area contributed by atoms with Gasteiger partial charge in [0.2, 0.25) is 0 Å². The number of hydrogen-bond acceptors (Lipinski definition) is 6. The van der Waals surface area contributed by atoms with Gasteiger partial charge in [0.15, 0.2) is 5.92 Å². The Morgan fingerprint density at radius 3 is 2.16 bits per heavy atom. The average Bonchev–Trinajstić information content (AvgIpc) is 2.38. The van der Waals surface area contributed by atoms with Gasteiger partial charge in [-0.2, -0.15) is 0 Å². The van der Waals surface area contributed by atoms with Crippen molar-refractivity contribution in [1.29, 1.82) is 0 Å². The first-order valence-electron chi connectivity index (χ1n) is 6.77. The Labute approximate surface area is 155 Å². The number of nitro benzene ring substituents is 1. The molecule has 1 aromatic carbocycles. The third kappa shape index (κ3) is 5.55. The van der Waals surface area contributed by atoms with E-state index in [0.717, 1.165) is 12.1 Å². The van der Waals surface area contributed by atoms with E-state index in [2.05, 4.69) is 5.32 Å². The molecule has 25 heavy (non-hydrogen) atoms. The summed E-state index contributed by atoms with van der Waals surface area (Å²) in [6.45, 7) is 4.77. The van der Waals surface area contributed by atoms with Gasteiger partial charge in [0.25, 0.3) is 5.69 Å². The molecule has 0 saturated heterocycles. The monoisotopic (exact) mass is 466 g/mol. The number of carbonyl (C=O) groups excluding carboxylic acids is 1. The Morgan fingerprint density at radius 1 is 1.24 bits per heavy atom. The van der Waals surface area contributed by atoms with Crippen molar-refractivity contribution in [3.63, 3.8) is 0 Å². The van der Waals surface area contributed by atoms with E-state index in [0.29, 0.717) is 0 Å². The predicted octanol–water partition coefficient (Wildman–Crippen LogP) is 2.80. The Kier molecular flexibility index (Phi) is 6.29. The first kappa shape index (κ1) is 20.6. The molecule has 0 aliphatic heterocycles. The zero-order chi connectivity index (χ0) is 19.5. The van der Waals surface area contributed by atoms with Crippen molar-refractivity contribution < 1.29 is 34.3 Å². The summed E-state index contributed by atoms with van der Waals surface area (Å²) in [6, 6.07) is 1.94. The Bertz CT molecular complexity index is 727. The van der Waals surface area contributed by atoms with E-state index in [9.17, 15) is 24.5 Å². The SMILES string of the molecule is CC(C)(C)OC(=O)Nc1cc(C(C(=O)O)C(=O)O)c(I)cc1[N+](=O)[O-]. The molecule has 136 valence electrons. The second-order valence-electron chi connectivity index (χ2n) is 5.88. The normalized spacial score (nSPS) is 11.1. The van der Waals surface area contributed by atoms with Crippen LogP contribution >= 0.6 is 22.6 Å². The van der Waals surface area contributed by atoms with Gasteiger partial charge in [-0.05, 0) is 55.0 Å². The first-order chi connectivity index (χ1) is 11.3. The highest BCUT2D eigenvalue weighted by molar-refractivity contribution is 14.1. The van der Waals surface area contributed by atoms with Gasteiger partial charge in [0.05, 0.1) is 4.92 Å². The maximum absolute atomic E-state index is 11.8. The lowest BCUT2D eigenvalue weighted by molar-refractivity contribution is -0.384. The molecule has 0 fully saturated rings. The van der Waals surface area contributed by atoms with Crippen molar-refractivity contribution in [2.45, 2.75) is 32.3 Å². The molecule has 0 saturated carbocycles. The molecule has 0 atom stereocenters. The molecule has 0 radical (unpaired) electrons. The number of benzene rings is 1. The van der Waals surface area contributed by atoms with Crippen molar-refractivity contribution in [3.05, 3.63) is 31.4 Å². The summed E-state index contributed by atoms with van der Waals surface area (Å²) in [5.74, 6) is -5.21.